The number of rotatable bonds is 5. The summed E-state index contributed by atoms with van der Waals surface area (Å²) in [6.45, 7) is 0. The van der Waals surface area contributed by atoms with Crippen molar-refractivity contribution in [3.63, 3.8) is 0 Å². The average molecular weight is 468 g/mol. The molecule has 0 atom stereocenters. The number of carbonyl (C=O) groups is 3. The minimum absolute atomic E-state index is 0.113. The fourth-order valence-electron chi connectivity index (χ4n) is 3.20. The van der Waals surface area contributed by atoms with Crippen LogP contribution in [0, 0.1) is 10.1 Å². The van der Waals surface area contributed by atoms with Crippen molar-refractivity contribution >= 4 is 46.9 Å². The lowest BCUT2D eigenvalue weighted by Crippen LogP contribution is -2.54. The van der Waals surface area contributed by atoms with Gasteiger partial charge in [0, 0.05) is 17.2 Å². The van der Waals surface area contributed by atoms with Gasteiger partial charge in [-0.05, 0) is 48.5 Å². The number of ether oxygens (including phenoxy) is 1. The molecule has 0 radical (unpaired) electrons. The molecule has 4 amide bonds. The smallest absolute Gasteiger partial charge is 0.335 e. The number of hydrogen-bond donors (Lipinski definition) is 1. The lowest BCUT2D eigenvalue weighted by Gasteiger charge is -2.26. The molecule has 1 saturated heterocycles. The van der Waals surface area contributed by atoms with Gasteiger partial charge >= 0.3 is 6.03 Å². The van der Waals surface area contributed by atoms with Gasteiger partial charge in [0.15, 0.2) is 0 Å². The van der Waals surface area contributed by atoms with Gasteiger partial charge in [0.25, 0.3) is 17.5 Å². The van der Waals surface area contributed by atoms with Crippen LogP contribution in [0.4, 0.5) is 16.2 Å². The van der Waals surface area contributed by atoms with E-state index < -0.39 is 22.8 Å². The van der Waals surface area contributed by atoms with Crippen LogP contribution < -0.4 is 15.0 Å². The summed E-state index contributed by atoms with van der Waals surface area (Å²) in [4.78, 5) is 48.9. The third-order valence-electron chi connectivity index (χ3n) is 4.76. The number of methoxy groups -OCH3 is 1. The monoisotopic (exact) mass is 467 g/mol. The van der Waals surface area contributed by atoms with Gasteiger partial charge in [0.2, 0.25) is 0 Å². The van der Waals surface area contributed by atoms with Crippen LogP contribution in [-0.4, -0.2) is 29.9 Å². The van der Waals surface area contributed by atoms with Crippen LogP contribution >= 0.6 is 11.6 Å². The number of nitrogens with one attached hydrogen (secondary N) is 1. The van der Waals surface area contributed by atoms with E-state index in [1.165, 1.54) is 67.8 Å². The van der Waals surface area contributed by atoms with E-state index in [9.17, 15) is 24.5 Å². The maximum atomic E-state index is 12.9. The molecule has 166 valence electrons. The molecule has 0 aliphatic carbocycles. The van der Waals surface area contributed by atoms with Crippen LogP contribution in [0.25, 0.3) is 17.4 Å². The van der Waals surface area contributed by atoms with E-state index in [4.69, 9.17) is 20.8 Å². The molecule has 0 bridgehead atoms. The number of non-ortho nitro benzene ring substituents is 1. The van der Waals surface area contributed by atoms with Gasteiger partial charge in [-0.2, -0.15) is 0 Å². The van der Waals surface area contributed by atoms with Crippen molar-refractivity contribution in [3.8, 4) is 17.1 Å². The Balaban J connectivity index is 1.70. The number of furan rings is 1. The summed E-state index contributed by atoms with van der Waals surface area (Å²) in [5.74, 6) is -1.07. The Morgan fingerprint density at radius 2 is 1.82 bits per heavy atom. The highest BCUT2D eigenvalue weighted by molar-refractivity contribution is 6.39. The topological polar surface area (TPSA) is 132 Å². The van der Waals surface area contributed by atoms with Gasteiger partial charge in [-0.15, -0.1) is 0 Å². The Hall–Kier alpha value is -4.44. The highest BCUT2D eigenvalue weighted by atomic mass is 35.5. The van der Waals surface area contributed by atoms with Gasteiger partial charge in [-0.1, -0.05) is 11.6 Å². The summed E-state index contributed by atoms with van der Waals surface area (Å²) in [7, 11) is 1.41. The summed E-state index contributed by atoms with van der Waals surface area (Å²) in [5, 5.41) is 13.6. The first-order chi connectivity index (χ1) is 15.8. The Morgan fingerprint density at radius 3 is 2.48 bits per heavy atom. The van der Waals surface area contributed by atoms with E-state index in [2.05, 4.69) is 5.32 Å². The number of nitro benzene ring substituents is 1. The number of anilines is 1. The molecule has 0 spiro atoms. The second-order valence-electron chi connectivity index (χ2n) is 6.78. The van der Waals surface area contributed by atoms with Crippen LogP contribution in [0.15, 0.2) is 64.6 Å². The van der Waals surface area contributed by atoms with E-state index >= 15 is 0 Å². The van der Waals surface area contributed by atoms with Crippen molar-refractivity contribution in [2.24, 2.45) is 0 Å². The molecule has 1 fully saturated rings. The average Bonchev–Trinajstić information content (AvgIpc) is 3.26. The zero-order valence-corrected chi connectivity index (χ0v) is 17.7. The fraction of sp³-hybridized carbons (Fsp3) is 0.0455. The minimum Gasteiger partial charge on any atom is -0.496 e. The predicted molar refractivity (Wildman–Crippen MR) is 118 cm³/mol. The zero-order chi connectivity index (χ0) is 23.7. The molecule has 0 unspecified atom stereocenters. The molecule has 4 rings (SSSR count). The molecular weight excluding hydrogens is 454 g/mol. The van der Waals surface area contributed by atoms with E-state index in [0.29, 0.717) is 16.3 Å². The van der Waals surface area contributed by atoms with Crippen LogP contribution in [-0.2, 0) is 9.59 Å². The molecule has 3 aromatic rings. The van der Waals surface area contributed by atoms with Crippen LogP contribution in [0.2, 0.25) is 5.02 Å². The first-order valence-corrected chi connectivity index (χ1v) is 9.76. The number of hydrogen-bond acceptors (Lipinski definition) is 7. The van der Waals surface area contributed by atoms with Crippen molar-refractivity contribution in [2.45, 2.75) is 0 Å². The molecule has 11 heteroatoms. The molecule has 1 aliphatic heterocycles. The molecule has 10 nitrogen and oxygen atoms in total. The standard InChI is InChI=1S/C22H14ClN3O7/c1-32-18-8-6-14(26(30)31)10-16(18)19-9-7-15(33-19)11-17-20(27)24-22(29)25(21(17)28)13-4-2-12(23)3-5-13/h2-11H,1H3,(H,24,27,29)/b17-11-. The number of halogens is 1. The van der Waals surface area contributed by atoms with Crippen molar-refractivity contribution in [1.82, 2.24) is 5.32 Å². The third-order valence-corrected chi connectivity index (χ3v) is 5.01. The van der Waals surface area contributed by atoms with E-state index in [-0.39, 0.29) is 28.5 Å². The van der Waals surface area contributed by atoms with Crippen molar-refractivity contribution < 1.29 is 28.5 Å². The molecular formula is C22H14ClN3O7. The van der Waals surface area contributed by atoms with E-state index in [1.54, 1.807) is 0 Å². The first kappa shape index (κ1) is 21.8. The number of nitrogens with zero attached hydrogens (tertiary/aromatic N) is 2. The normalized spacial score (nSPS) is 15.0. The van der Waals surface area contributed by atoms with Crippen LogP contribution in [0.1, 0.15) is 5.76 Å². The molecule has 2 heterocycles. The highest BCUT2D eigenvalue weighted by Gasteiger charge is 2.37. The van der Waals surface area contributed by atoms with Crippen molar-refractivity contribution in [2.75, 3.05) is 12.0 Å². The SMILES string of the molecule is COc1ccc([N+](=O)[O-])cc1-c1ccc(/C=C2/C(=O)NC(=O)N(c3ccc(Cl)cc3)C2=O)o1. The maximum absolute atomic E-state index is 12.9. The van der Waals surface area contributed by atoms with Gasteiger partial charge < -0.3 is 9.15 Å². The second-order valence-corrected chi connectivity index (χ2v) is 7.21. The Morgan fingerprint density at radius 1 is 1.09 bits per heavy atom. The van der Waals surface area contributed by atoms with Crippen LogP contribution in [0.5, 0.6) is 5.75 Å². The molecule has 1 N–H and O–H groups in total. The maximum Gasteiger partial charge on any atom is 0.335 e. The summed E-state index contributed by atoms with van der Waals surface area (Å²) >= 11 is 5.86. The summed E-state index contributed by atoms with van der Waals surface area (Å²) in [5.41, 5.74) is 0.0352. The Labute approximate surface area is 191 Å². The minimum atomic E-state index is -0.897. The molecule has 1 aromatic heterocycles. The first-order valence-electron chi connectivity index (χ1n) is 9.38. The zero-order valence-electron chi connectivity index (χ0n) is 16.9. The molecule has 1 aliphatic rings. The lowest BCUT2D eigenvalue weighted by molar-refractivity contribution is -0.384. The quantitative estimate of drug-likeness (QED) is 0.257. The largest absolute Gasteiger partial charge is 0.496 e. The van der Waals surface area contributed by atoms with E-state index in [1.807, 2.05) is 0 Å². The predicted octanol–water partition coefficient (Wildman–Crippen LogP) is 4.18. The van der Waals surface area contributed by atoms with Gasteiger partial charge in [-0.3, -0.25) is 25.0 Å². The molecule has 0 saturated carbocycles. The van der Waals surface area contributed by atoms with Crippen LogP contribution in [0.3, 0.4) is 0 Å². The third kappa shape index (κ3) is 4.19. The molecule has 2 aromatic carbocycles. The van der Waals surface area contributed by atoms with Gasteiger partial charge in [-0.25, -0.2) is 9.69 Å². The van der Waals surface area contributed by atoms with Crippen molar-refractivity contribution in [3.05, 3.63) is 81.1 Å². The lowest BCUT2D eigenvalue weighted by atomic mass is 10.1. The highest BCUT2D eigenvalue weighted by Crippen LogP contribution is 2.35. The number of imide groups is 2. The number of urea groups is 1. The summed E-state index contributed by atoms with van der Waals surface area (Å²) < 4.78 is 10.9. The number of amides is 4. The second kappa shape index (κ2) is 8.60. The fourth-order valence-corrected chi connectivity index (χ4v) is 3.33. The summed E-state index contributed by atoms with van der Waals surface area (Å²) in [6.07, 6.45) is 1.18. The Kier molecular flexibility index (Phi) is 5.67. The summed E-state index contributed by atoms with van der Waals surface area (Å²) in [6, 6.07) is 12.0. The van der Waals surface area contributed by atoms with Gasteiger partial charge in [0.1, 0.15) is 22.8 Å². The Bertz CT molecular complexity index is 1330. The van der Waals surface area contributed by atoms with Gasteiger partial charge in [0.05, 0.1) is 23.3 Å². The number of nitro groups is 1. The number of benzene rings is 2. The molecule has 33 heavy (non-hydrogen) atoms. The number of carbonyl (C=O) groups excluding carboxylic acids is 3. The van der Waals surface area contributed by atoms with E-state index in [0.717, 1.165) is 4.90 Å². The van der Waals surface area contributed by atoms with Crippen molar-refractivity contribution in [1.29, 1.82) is 0 Å². The number of barbiturate groups is 1.